The Kier molecular flexibility index (Phi) is 7.20. The van der Waals surface area contributed by atoms with Gasteiger partial charge >= 0.3 is 5.97 Å². The summed E-state index contributed by atoms with van der Waals surface area (Å²) in [5.74, 6) is -1.21. The van der Waals surface area contributed by atoms with Gasteiger partial charge in [-0.25, -0.2) is 4.79 Å². The van der Waals surface area contributed by atoms with Crippen molar-refractivity contribution in [2.75, 3.05) is 23.5 Å². The molecule has 6 nitrogen and oxygen atoms in total. The fourth-order valence-corrected chi connectivity index (χ4v) is 3.91. The van der Waals surface area contributed by atoms with Crippen LogP contribution in [0.15, 0.2) is 72.1 Å². The number of carbonyl (C=O) groups excluding carboxylic acids is 3. The van der Waals surface area contributed by atoms with E-state index in [9.17, 15) is 14.4 Å². The first-order valence-electron chi connectivity index (χ1n) is 9.85. The summed E-state index contributed by atoms with van der Waals surface area (Å²) in [6, 6.07) is 19.3. The molecular formula is C24H24N2O4S. The summed E-state index contributed by atoms with van der Waals surface area (Å²) in [7, 11) is 1.61. The van der Waals surface area contributed by atoms with E-state index in [0.29, 0.717) is 10.6 Å². The summed E-state index contributed by atoms with van der Waals surface area (Å²) in [5, 5.41) is 1.82. The number of rotatable bonds is 7. The van der Waals surface area contributed by atoms with E-state index >= 15 is 0 Å². The highest BCUT2D eigenvalue weighted by Gasteiger charge is 2.24. The minimum absolute atomic E-state index is 0.101. The minimum atomic E-state index is -0.661. The molecule has 3 rings (SSSR count). The van der Waals surface area contributed by atoms with Crippen molar-refractivity contribution in [1.82, 2.24) is 0 Å². The second kappa shape index (κ2) is 10.0. The molecule has 1 heterocycles. The van der Waals surface area contributed by atoms with Gasteiger partial charge in [-0.15, -0.1) is 11.3 Å². The number of hydrogen-bond acceptors (Lipinski definition) is 5. The number of nitrogens with zero attached hydrogens (tertiary/aromatic N) is 2. The standard InChI is InChI=1S/C24H24N2O4S/c1-17(2)26(18-10-5-4-6-11-18)22(27)16-30-24(29)19-12-7-8-13-20(19)25(3)23(28)21-14-9-15-31-21/h4-15,17H,16H2,1-3H3. The third-order valence-corrected chi connectivity index (χ3v) is 5.53. The van der Waals surface area contributed by atoms with Gasteiger partial charge in [0.2, 0.25) is 0 Å². The second-order valence-electron chi connectivity index (χ2n) is 7.13. The first-order chi connectivity index (χ1) is 14.9. The largest absolute Gasteiger partial charge is 0.452 e. The van der Waals surface area contributed by atoms with Gasteiger partial charge in [0.05, 0.1) is 16.1 Å². The van der Waals surface area contributed by atoms with Crippen molar-refractivity contribution in [3.05, 3.63) is 82.6 Å². The summed E-state index contributed by atoms with van der Waals surface area (Å²) in [6.07, 6.45) is 0. The van der Waals surface area contributed by atoms with Gasteiger partial charge < -0.3 is 14.5 Å². The summed E-state index contributed by atoms with van der Waals surface area (Å²) in [5.41, 5.74) is 1.38. The smallest absolute Gasteiger partial charge is 0.340 e. The van der Waals surface area contributed by atoms with E-state index in [1.807, 2.05) is 49.6 Å². The number of thiophene rings is 1. The molecule has 0 aliphatic carbocycles. The highest BCUT2D eigenvalue weighted by molar-refractivity contribution is 7.12. The average molecular weight is 437 g/mol. The highest BCUT2D eigenvalue weighted by atomic mass is 32.1. The van der Waals surface area contributed by atoms with Crippen LogP contribution in [0.25, 0.3) is 0 Å². The number of carbonyl (C=O) groups is 3. The molecule has 0 aliphatic heterocycles. The number of benzene rings is 2. The zero-order chi connectivity index (χ0) is 22.4. The second-order valence-corrected chi connectivity index (χ2v) is 8.08. The van der Waals surface area contributed by atoms with Crippen LogP contribution >= 0.6 is 11.3 Å². The lowest BCUT2D eigenvalue weighted by molar-refractivity contribution is -0.122. The lowest BCUT2D eigenvalue weighted by atomic mass is 10.1. The lowest BCUT2D eigenvalue weighted by Crippen LogP contribution is -2.40. The van der Waals surface area contributed by atoms with Crippen LogP contribution in [0, 0.1) is 0 Å². The molecule has 0 atom stereocenters. The minimum Gasteiger partial charge on any atom is -0.452 e. The van der Waals surface area contributed by atoms with E-state index in [0.717, 1.165) is 5.69 Å². The van der Waals surface area contributed by atoms with Crippen molar-refractivity contribution in [3.8, 4) is 0 Å². The summed E-state index contributed by atoms with van der Waals surface area (Å²) in [6.45, 7) is 3.39. The Morgan fingerprint density at radius 3 is 2.26 bits per heavy atom. The van der Waals surface area contributed by atoms with E-state index in [-0.39, 0.29) is 23.4 Å². The summed E-state index contributed by atoms with van der Waals surface area (Å²) < 4.78 is 5.34. The Morgan fingerprint density at radius 1 is 0.935 bits per heavy atom. The molecule has 0 aliphatic rings. The van der Waals surface area contributed by atoms with Crippen LogP contribution in [0.5, 0.6) is 0 Å². The highest BCUT2D eigenvalue weighted by Crippen LogP contribution is 2.24. The maximum atomic E-state index is 12.8. The third-order valence-electron chi connectivity index (χ3n) is 4.67. The van der Waals surface area contributed by atoms with Crippen LogP contribution in [0.2, 0.25) is 0 Å². The predicted octanol–water partition coefficient (Wildman–Crippen LogP) is 4.62. The lowest BCUT2D eigenvalue weighted by Gasteiger charge is -2.26. The molecule has 2 aromatic carbocycles. The third kappa shape index (κ3) is 5.19. The normalized spacial score (nSPS) is 10.6. The van der Waals surface area contributed by atoms with Crippen molar-refractivity contribution in [3.63, 3.8) is 0 Å². The van der Waals surface area contributed by atoms with Gasteiger partial charge in [-0.2, -0.15) is 0 Å². The van der Waals surface area contributed by atoms with Gasteiger partial charge in [-0.3, -0.25) is 9.59 Å². The van der Waals surface area contributed by atoms with Gasteiger partial charge in [0.25, 0.3) is 11.8 Å². The molecule has 1 aromatic heterocycles. The molecule has 0 N–H and O–H groups in total. The summed E-state index contributed by atoms with van der Waals surface area (Å²) in [4.78, 5) is 41.8. The Labute approximate surface area is 185 Å². The average Bonchev–Trinajstić information content (AvgIpc) is 3.32. The molecule has 0 spiro atoms. The van der Waals surface area contributed by atoms with Crippen LogP contribution in [0.3, 0.4) is 0 Å². The number of ether oxygens (including phenoxy) is 1. The van der Waals surface area contributed by atoms with Crippen LogP contribution in [-0.4, -0.2) is 37.5 Å². The van der Waals surface area contributed by atoms with Gasteiger partial charge in [-0.05, 0) is 49.6 Å². The molecule has 0 unspecified atom stereocenters. The number of amides is 2. The molecule has 2 amide bonds. The first kappa shape index (κ1) is 22.2. The molecule has 3 aromatic rings. The van der Waals surface area contributed by atoms with Crippen LogP contribution < -0.4 is 9.80 Å². The van der Waals surface area contributed by atoms with Gasteiger partial charge in [-0.1, -0.05) is 36.4 Å². The van der Waals surface area contributed by atoms with Gasteiger partial charge in [0.15, 0.2) is 6.61 Å². The number of hydrogen-bond donors (Lipinski definition) is 0. The topological polar surface area (TPSA) is 66.9 Å². The number of para-hydroxylation sites is 2. The Morgan fingerprint density at radius 2 is 1.61 bits per heavy atom. The fraction of sp³-hybridized carbons (Fsp3) is 0.208. The monoisotopic (exact) mass is 436 g/mol. The predicted molar refractivity (Wildman–Crippen MR) is 123 cm³/mol. The number of esters is 1. The maximum absolute atomic E-state index is 12.8. The Balaban J connectivity index is 1.74. The van der Waals surface area contributed by atoms with Crippen molar-refractivity contribution in [2.24, 2.45) is 0 Å². The summed E-state index contributed by atoms with van der Waals surface area (Å²) >= 11 is 1.33. The molecule has 0 bridgehead atoms. The zero-order valence-corrected chi connectivity index (χ0v) is 18.5. The van der Waals surface area contributed by atoms with E-state index < -0.39 is 12.6 Å². The molecule has 7 heteroatoms. The van der Waals surface area contributed by atoms with Crippen LogP contribution in [0.4, 0.5) is 11.4 Å². The molecule has 0 radical (unpaired) electrons. The SMILES string of the molecule is CC(C)N(C(=O)COC(=O)c1ccccc1N(C)C(=O)c1cccs1)c1ccccc1. The quantitative estimate of drug-likeness (QED) is 0.507. The Bertz CT molecular complexity index is 1050. The molecule has 160 valence electrons. The van der Waals surface area contributed by atoms with Crippen molar-refractivity contribution < 1.29 is 19.1 Å². The maximum Gasteiger partial charge on any atom is 0.340 e. The van der Waals surface area contributed by atoms with Gasteiger partial charge in [0.1, 0.15) is 0 Å². The molecule has 0 fully saturated rings. The van der Waals surface area contributed by atoms with E-state index in [4.69, 9.17) is 4.74 Å². The Hall–Kier alpha value is -3.45. The van der Waals surface area contributed by atoms with Crippen molar-refractivity contribution >= 4 is 40.5 Å². The fourth-order valence-electron chi connectivity index (χ4n) is 3.21. The first-order valence-corrected chi connectivity index (χ1v) is 10.7. The van der Waals surface area contributed by atoms with Crippen molar-refractivity contribution in [2.45, 2.75) is 19.9 Å². The van der Waals surface area contributed by atoms with E-state index in [2.05, 4.69) is 0 Å². The molecule has 0 saturated carbocycles. The number of anilines is 2. The van der Waals surface area contributed by atoms with Gasteiger partial charge in [0, 0.05) is 18.8 Å². The van der Waals surface area contributed by atoms with Crippen LogP contribution in [-0.2, 0) is 9.53 Å². The molecule has 0 saturated heterocycles. The van der Waals surface area contributed by atoms with E-state index in [1.165, 1.54) is 16.2 Å². The zero-order valence-electron chi connectivity index (χ0n) is 17.6. The molecule has 31 heavy (non-hydrogen) atoms. The van der Waals surface area contributed by atoms with E-state index in [1.54, 1.807) is 48.3 Å². The van der Waals surface area contributed by atoms with Crippen molar-refractivity contribution in [1.29, 1.82) is 0 Å². The van der Waals surface area contributed by atoms with Crippen LogP contribution in [0.1, 0.15) is 33.9 Å². The molecular weight excluding hydrogens is 412 g/mol.